The van der Waals surface area contributed by atoms with Crippen molar-refractivity contribution >= 4 is 23.1 Å². The molecular weight excluding hydrogens is 289 g/mol. The molecule has 1 aliphatic heterocycles. The molecule has 2 rings (SSSR count). The molecule has 0 bridgehead atoms. The molecule has 7 heteroatoms. The van der Waals surface area contributed by atoms with Gasteiger partial charge in [0, 0.05) is 23.4 Å². The fourth-order valence-corrected chi connectivity index (χ4v) is 3.41. The van der Waals surface area contributed by atoms with Gasteiger partial charge in [0.1, 0.15) is 0 Å². The molecule has 0 aromatic heterocycles. The second-order valence-electron chi connectivity index (χ2n) is 5.00. The van der Waals surface area contributed by atoms with Gasteiger partial charge in [0.05, 0.1) is 11.4 Å². The number of hydrogen-bond donors (Lipinski definition) is 2. The van der Waals surface area contributed by atoms with Gasteiger partial charge in [0.25, 0.3) is 0 Å². The van der Waals surface area contributed by atoms with Crippen LogP contribution in [0.2, 0.25) is 0 Å². The van der Waals surface area contributed by atoms with Crippen molar-refractivity contribution in [3.63, 3.8) is 0 Å². The molecule has 1 aromatic rings. The van der Waals surface area contributed by atoms with E-state index in [2.05, 4.69) is 17.0 Å². The summed E-state index contributed by atoms with van der Waals surface area (Å²) in [5.41, 5.74) is 6.29. The monoisotopic (exact) mass is 306 g/mol. The highest BCUT2D eigenvalue weighted by Crippen LogP contribution is 2.38. The van der Waals surface area contributed by atoms with E-state index in [1.807, 2.05) is 11.8 Å². The van der Waals surface area contributed by atoms with E-state index in [9.17, 15) is 13.2 Å². The maximum atomic E-state index is 13.4. The van der Waals surface area contributed by atoms with Crippen LogP contribution in [0.15, 0.2) is 12.1 Å². The van der Waals surface area contributed by atoms with Gasteiger partial charge in [-0.1, -0.05) is 0 Å². The summed E-state index contributed by atoms with van der Waals surface area (Å²) < 4.78 is 42.0. The lowest BCUT2D eigenvalue weighted by atomic mass is 10.1. The molecule has 1 fully saturated rings. The summed E-state index contributed by atoms with van der Waals surface area (Å²) in [7, 11) is 0. The molecular formula is C13H17F3N2OS. The quantitative estimate of drug-likeness (QED) is 0.814. The lowest BCUT2D eigenvalue weighted by molar-refractivity contribution is -0.0521. The number of alkyl halides is 2. The molecule has 0 radical (unpaired) electrons. The second kappa shape index (κ2) is 6.03. The highest BCUT2D eigenvalue weighted by Gasteiger charge is 2.29. The van der Waals surface area contributed by atoms with Gasteiger partial charge >= 0.3 is 6.61 Å². The Morgan fingerprint density at radius 1 is 1.50 bits per heavy atom. The minimum Gasteiger partial charge on any atom is -0.432 e. The number of halogens is 3. The Bertz CT molecular complexity index is 479. The van der Waals surface area contributed by atoms with E-state index < -0.39 is 18.2 Å². The highest BCUT2D eigenvalue weighted by atomic mass is 32.2. The van der Waals surface area contributed by atoms with E-state index >= 15 is 0 Å². The van der Waals surface area contributed by atoms with Gasteiger partial charge < -0.3 is 15.8 Å². The number of ether oxygens (including phenoxy) is 1. The van der Waals surface area contributed by atoms with E-state index in [0.29, 0.717) is 12.2 Å². The number of hydrogen-bond acceptors (Lipinski definition) is 4. The van der Waals surface area contributed by atoms with Crippen LogP contribution in [0.4, 0.5) is 24.5 Å². The lowest BCUT2D eigenvalue weighted by Gasteiger charge is -2.24. The van der Waals surface area contributed by atoms with E-state index in [1.165, 1.54) is 6.07 Å². The third-order valence-corrected chi connectivity index (χ3v) is 4.81. The van der Waals surface area contributed by atoms with Crippen molar-refractivity contribution in [2.45, 2.75) is 31.1 Å². The second-order valence-corrected chi connectivity index (χ2v) is 6.69. The summed E-state index contributed by atoms with van der Waals surface area (Å²) in [6.07, 6.45) is 2.23. The number of thioether (sulfide) groups is 1. The lowest BCUT2D eigenvalue weighted by Crippen LogP contribution is -2.27. The summed E-state index contributed by atoms with van der Waals surface area (Å²) >= 11 is 1.86. The molecule has 3 nitrogen and oxygen atoms in total. The van der Waals surface area contributed by atoms with Crippen LogP contribution in [0.3, 0.4) is 0 Å². The zero-order valence-corrected chi connectivity index (χ0v) is 11.9. The molecule has 0 spiro atoms. The molecule has 1 aromatic carbocycles. The normalized spacial score (nSPS) is 22.2. The number of rotatable bonds is 5. The third-order valence-electron chi connectivity index (χ3n) is 3.27. The fraction of sp³-hybridized carbons (Fsp3) is 0.538. The molecule has 1 heterocycles. The van der Waals surface area contributed by atoms with Crippen molar-refractivity contribution in [2.24, 2.45) is 0 Å². The largest absolute Gasteiger partial charge is 0.432 e. The van der Waals surface area contributed by atoms with Crippen molar-refractivity contribution in [2.75, 3.05) is 23.3 Å². The van der Waals surface area contributed by atoms with Crippen LogP contribution in [-0.4, -0.2) is 23.7 Å². The first-order chi connectivity index (χ1) is 9.39. The van der Waals surface area contributed by atoms with Gasteiger partial charge in [0.2, 0.25) is 0 Å². The van der Waals surface area contributed by atoms with Crippen molar-refractivity contribution in [1.82, 2.24) is 0 Å². The highest BCUT2D eigenvalue weighted by molar-refractivity contribution is 8.00. The Kier molecular flexibility index (Phi) is 4.57. The minimum absolute atomic E-state index is 0.0879. The fourth-order valence-electron chi connectivity index (χ4n) is 2.17. The van der Waals surface area contributed by atoms with Crippen LogP contribution < -0.4 is 15.8 Å². The Labute approximate surface area is 120 Å². The number of nitrogen functional groups attached to an aromatic ring is 1. The third kappa shape index (κ3) is 3.65. The van der Waals surface area contributed by atoms with Crippen LogP contribution in [0.1, 0.15) is 19.8 Å². The van der Waals surface area contributed by atoms with Gasteiger partial charge in [-0.2, -0.15) is 20.5 Å². The van der Waals surface area contributed by atoms with Crippen LogP contribution in [0, 0.1) is 5.82 Å². The molecule has 0 aliphatic carbocycles. The smallest absolute Gasteiger partial charge is 0.387 e. The van der Waals surface area contributed by atoms with E-state index in [1.54, 1.807) is 0 Å². The first-order valence-electron chi connectivity index (χ1n) is 6.31. The minimum atomic E-state index is -3.07. The van der Waals surface area contributed by atoms with Gasteiger partial charge in [-0.05, 0) is 25.5 Å². The number of nitrogens with two attached hydrogens (primary N) is 1. The molecule has 1 unspecified atom stereocenters. The first-order valence-corrected chi connectivity index (χ1v) is 7.30. The summed E-state index contributed by atoms with van der Waals surface area (Å²) in [5.74, 6) is -0.285. The molecule has 0 amide bonds. The molecule has 112 valence electrons. The molecule has 20 heavy (non-hydrogen) atoms. The maximum Gasteiger partial charge on any atom is 0.387 e. The average Bonchev–Trinajstić information content (AvgIpc) is 2.78. The van der Waals surface area contributed by atoms with Crippen LogP contribution in [0.5, 0.6) is 5.75 Å². The van der Waals surface area contributed by atoms with Crippen LogP contribution in [-0.2, 0) is 0 Å². The van der Waals surface area contributed by atoms with Crippen LogP contribution >= 0.6 is 11.8 Å². The topological polar surface area (TPSA) is 47.3 Å². The Balaban J connectivity index is 2.10. The van der Waals surface area contributed by atoms with Gasteiger partial charge in [-0.15, -0.1) is 0 Å². The number of anilines is 2. The molecule has 0 saturated carbocycles. The number of benzene rings is 1. The standard InChI is InChI=1S/C13H17F3N2OS/c1-13(3-2-4-20-13)7-18-10-6-11(19-12(15)16)8(14)5-9(10)17/h5-6,12,18H,2-4,7,17H2,1H3. The average molecular weight is 306 g/mol. The Morgan fingerprint density at radius 3 is 2.85 bits per heavy atom. The summed E-state index contributed by atoms with van der Waals surface area (Å²) in [4.78, 5) is 0. The molecule has 1 saturated heterocycles. The summed E-state index contributed by atoms with van der Waals surface area (Å²) in [5, 5.41) is 3.10. The van der Waals surface area contributed by atoms with E-state index in [4.69, 9.17) is 5.73 Å². The van der Waals surface area contributed by atoms with E-state index in [0.717, 1.165) is 24.7 Å². The Hall–Kier alpha value is -1.24. The van der Waals surface area contributed by atoms with Crippen LogP contribution in [0.25, 0.3) is 0 Å². The predicted octanol–water partition coefficient (Wildman–Crippen LogP) is 3.71. The van der Waals surface area contributed by atoms with Gasteiger partial charge in [0.15, 0.2) is 11.6 Å². The van der Waals surface area contributed by atoms with Gasteiger partial charge in [-0.3, -0.25) is 0 Å². The predicted molar refractivity (Wildman–Crippen MR) is 76.0 cm³/mol. The maximum absolute atomic E-state index is 13.4. The van der Waals surface area contributed by atoms with Crippen molar-refractivity contribution in [1.29, 1.82) is 0 Å². The molecule has 1 atom stereocenters. The summed E-state index contributed by atoms with van der Waals surface area (Å²) in [6.45, 7) is -0.292. The SMILES string of the molecule is CC1(CNc2cc(OC(F)F)c(F)cc2N)CCCS1. The van der Waals surface area contributed by atoms with Gasteiger partial charge in [-0.25, -0.2) is 4.39 Å². The van der Waals surface area contributed by atoms with Crippen molar-refractivity contribution in [3.05, 3.63) is 17.9 Å². The van der Waals surface area contributed by atoms with Crippen molar-refractivity contribution < 1.29 is 17.9 Å². The Morgan fingerprint density at radius 2 is 2.25 bits per heavy atom. The first kappa shape index (κ1) is 15.2. The van der Waals surface area contributed by atoms with Crippen molar-refractivity contribution in [3.8, 4) is 5.75 Å². The van der Waals surface area contributed by atoms with E-state index in [-0.39, 0.29) is 10.4 Å². The summed E-state index contributed by atoms with van der Waals surface area (Å²) in [6, 6.07) is 2.17. The zero-order valence-electron chi connectivity index (χ0n) is 11.1. The molecule has 3 N–H and O–H groups in total. The zero-order chi connectivity index (χ0) is 14.8. The number of nitrogens with one attached hydrogen (secondary N) is 1. The molecule has 1 aliphatic rings.